The Morgan fingerprint density at radius 1 is 1.15 bits per heavy atom. The molecule has 1 amide bonds. The third-order valence-electron chi connectivity index (χ3n) is 3.85. The Bertz CT molecular complexity index is 980. The molecule has 0 saturated heterocycles. The number of nitrogens with zero attached hydrogens (tertiary/aromatic N) is 1. The first kappa shape index (κ1) is 18.5. The maximum Gasteiger partial charge on any atom is 0.416 e. The molecule has 0 saturated carbocycles. The summed E-state index contributed by atoms with van der Waals surface area (Å²) in [5.41, 5.74) is 1.71. The fraction of sp³-hybridized carbons (Fsp3) is 0.158. The van der Waals surface area contributed by atoms with Crippen LogP contribution in [0.2, 0.25) is 0 Å². The second-order valence-electron chi connectivity index (χ2n) is 6.01. The van der Waals surface area contributed by atoms with Crippen molar-refractivity contribution in [3.63, 3.8) is 0 Å². The fourth-order valence-electron chi connectivity index (χ4n) is 2.52. The monoisotopic (exact) mass is 375 g/mol. The molecule has 140 valence electrons. The van der Waals surface area contributed by atoms with Crippen LogP contribution >= 0.6 is 0 Å². The summed E-state index contributed by atoms with van der Waals surface area (Å²) < 4.78 is 43.9. The summed E-state index contributed by atoms with van der Waals surface area (Å²) in [6.07, 6.45) is -3.25. The van der Waals surface area contributed by atoms with Crippen molar-refractivity contribution in [2.75, 3.05) is 5.32 Å². The number of nitrogens with one attached hydrogen (secondary N) is 2. The van der Waals surface area contributed by atoms with E-state index in [1.807, 2.05) is 26.0 Å². The quantitative estimate of drug-likeness (QED) is 0.667. The lowest BCUT2D eigenvalue weighted by molar-refractivity contribution is -0.137. The third kappa shape index (κ3) is 4.28. The van der Waals surface area contributed by atoms with Gasteiger partial charge >= 0.3 is 6.18 Å². The minimum absolute atomic E-state index is 0.00684. The Labute approximate surface area is 153 Å². The summed E-state index contributed by atoms with van der Waals surface area (Å²) >= 11 is 0. The lowest BCUT2D eigenvalue weighted by Gasteiger charge is -2.11. The molecule has 5 nitrogen and oxygen atoms in total. The molecule has 0 aliphatic heterocycles. The van der Waals surface area contributed by atoms with Crippen LogP contribution in [0.3, 0.4) is 0 Å². The molecular formula is C19H16F3N3O2. The number of carbonyl (C=O) groups is 1. The van der Waals surface area contributed by atoms with Gasteiger partial charge in [-0.3, -0.25) is 9.89 Å². The van der Waals surface area contributed by atoms with Crippen molar-refractivity contribution < 1.29 is 22.7 Å². The van der Waals surface area contributed by atoms with E-state index in [0.29, 0.717) is 5.69 Å². The summed E-state index contributed by atoms with van der Waals surface area (Å²) in [6, 6.07) is 9.95. The normalized spacial score (nSPS) is 11.3. The van der Waals surface area contributed by atoms with Crippen molar-refractivity contribution in [3.05, 3.63) is 71.0 Å². The van der Waals surface area contributed by atoms with Gasteiger partial charge in [-0.15, -0.1) is 0 Å². The van der Waals surface area contributed by atoms with Crippen LogP contribution in [0.5, 0.6) is 11.5 Å². The number of aromatic amines is 1. The number of carbonyl (C=O) groups excluding carboxylic acids is 1. The smallest absolute Gasteiger partial charge is 0.416 e. The van der Waals surface area contributed by atoms with E-state index in [0.717, 1.165) is 23.3 Å². The van der Waals surface area contributed by atoms with Gasteiger partial charge in [0.05, 0.1) is 11.8 Å². The van der Waals surface area contributed by atoms with Gasteiger partial charge in [-0.1, -0.05) is 23.8 Å². The van der Waals surface area contributed by atoms with Crippen molar-refractivity contribution in [1.29, 1.82) is 0 Å². The molecule has 0 aliphatic rings. The van der Waals surface area contributed by atoms with Crippen LogP contribution in [0, 0.1) is 13.8 Å². The van der Waals surface area contributed by atoms with E-state index in [1.165, 1.54) is 18.3 Å². The van der Waals surface area contributed by atoms with Crippen molar-refractivity contribution >= 4 is 11.6 Å². The average molecular weight is 375 g/mol. The van der Waals surface area contributed by atoms with Gasteiger partial charge in [0.1, 0.15) is 5.75 Å². The zero-order chi connectivity index (χ0) is 19.6. The molecule has 3 aromatic rings. The first-order chi connectivity index (χ1) is 12.7. The second kappa shape index (κ2) is 7.14. The number of halogens is 3. The lowest BCUT2D eigenvalue weighted by atomic mass is 10.1. The van der Waals surface area contributed by atoms with Crippen molar-refractivity contribution in [2.24, 2.45) is 0 Å². The third-order valence-corrected chi connectivity index (χ3v) is 3.85. The summed E-state index contributed by atoms with van der Waals surface area (Å²) in [6.45, 7) is 3.80. The fourth-order valence-corrected chi connectivity index (χ4v) is 2.52. The molecule has 1 heterocycles. The number of aromatic nitrogens is 2. The molecule has 2 aromatic carbocycles. The molecule has 0 fully saturated rings. The number of anilines is 1. The summed E-state index contributed by atoms with van der Waals surface area (Å²) in [5, 5.41) is 9.00. The Kier molecular flexibility index (Phi) is 4.89. The summed E-state index contributed by atoms with van der Waals surface area (Å²) in [5.74, 6) is -0.537. The van der Waals surface area contributed by atoms with Gasteiger partial charge < -0.3 is 10.1 Å². The highest BCUT2D eigenvalue weighted by Gasteiger charge is 2.30. The van der Waals surface area contributed by atoms with Crippen molar-refractivity contribution in [1.82, 2.24) is 10.2 Å². The van der Waals surface area contributed by atoms with Gasteiger partial charge in [-0.05, 0) is 43.7 Å². The highest BCUT2D eigenvalue weighted by atomic mass is 19.4. The predicted molar refractivity (Wildman–Crippen MR) is 94.0 cm³/mol. The topological polar surface area (TPSA) is 67.0 Å². The maximum atomic E-state index is 12.8. The van der Waals surface area contributed by atoms with E-state index in [2.05, 4.69) is 15.5 Å². The van der Waals surface area contributed by atoms with Gasteiger partial charge in [-0.2, -0.15) is 18.3 Å². The van der Waals surface area contributed by atoms with E-state index < -0.39 is 17.6 Å². The number of ether oxygens (including phenoxy) is 1. The van der Waals surface area contributed by atoms with Crippen LogP contribution in [-0.2, 0) is 6.18 Å². The first-order valence-corrected chi connectivity index (χ1v) is 8.01. The largest absolute Gasteiger partial charge is 0.453 e. The lowest BCUT2D eigenvalue weighted by Crippen LogP contribution is -2.14. The molecule has 0 unspecified atom stereocenters. The van der Waals surface area contributed by atoms with Crippen molar-refractivity contribution in [2.45, 2.75) is 20.0 Å². The van der Waals surface area contributed by atoms with E-state index >= 15 is 0 Å². The molecule has 3 rings (SSSR count). The van der Waals surface area contributed by atoms with Crippen LogP contribution in [0.25, 0.3) is 0 Å². The van der Waals surface area contributed by atoms with Crippen molar-refractivity contribution in [3.8, 4) is 11.5 Å². The van der Waals surface area contributed by atoms with Gasteiger partial charge in [-0.25, -0.2) is 0 Å². The number of alkyl halides is 3. The zero-order valence-electron chi connectivity index (χ0n) is 14.5. The van der Waals surface area contributed by atoms with Gasteiger partial charge in [0.25, 0.3) is 5.91 Å². The Morgan fingerprint density at radius 2 is 1.93 bits per heavy atom. The van der Waals surface area contributed by atoms with E-state index in [9.17, 15) is 18.0 Å². The average Bonchev–Trinajstić information content (AvgIpc) is 3.05. The molecular weight excluding hydrogens is 359 g/mol. The van der Waals surface area contributed by atoms with Crippen LogP contribution < -0.4 is 10.1 Å². The molecule has 0 aliphatic carbocycles. The summed E-state index contributed by atoms with van der Waals surface area (Å²) in [4.78, 5) is 12.5. The zero-order valence-corrected chi connectivity index (χ0v) is 14.5. The van der Waals surface area contributed by atoms with Crippen LogP contribution in [0.15, 0.2) is 48.7 Å². The number of aryl methyl sites for hydroxylation is 2. The van der Waals surface area contributed by atoms with E-state index in [-0.39, 0.29) is 17.2 Å². The highest BCUT2D eigenvalue weighted by molar-refractivity contribution is 6.05. The number of benzene rings is 2. The van der Waals surface area contributed by atoms with Crippen LogP contribution in [0.4, 0.5) is 18.9 Å². The Morgan fingerprint density at radius 3 is 2.63 bits per heavy atom. The minimum atomic E-state index is -4.49. The van der Waals surface area contributed by atoms with E-state index in [4.69, 9.17) is 4.74 Å². The minimum Gasteiger partial charge on any atom is -0.453 e. The van der Waals surface area contributed by atoms with Crippen LogP contribution in [0.1, 0.15) is 27.2 Å². The molecule has 2 N–H and O–H groups in total. The number of amides is 1. The molecule has 8 heteroatoms. The molecule has 0 radical (unpaired) electrons. The highest BCUT2D eigenvalue weighted by Crippen LogP contribution is 2.33. The van der Waals surface area contributed by atoms with Gasteiger partial charge in [0.15, 0.2) is 11.4 Å². The number of hydrogen-bond donors (Lipinski definition) is 2. The van der Waals surface area contributed by atoms with Gasteiger partial charge in [0.2, 0.25) is 0 Å². The molecule has 0 bridgehead atoms. The SMILES string of the molecule is Cc1ccc(NC(=O)c2[nH]ncc2Oc2cccc(C(F)(F)F)c2)c(C)c1. The van der Waals surface area contributed by atoms with E-state index in [1.54, 1.807) is 6.07 Å². The molecule has 27 heavy (non-hydrogen) atoms. The van der Waals surface area contributed by atoms with Gasteiger partial charge in [0, 0.05) is 5.69 Å². The first-order valence-electron chi connectivity index (χ1n) is 8.01. The standard InChI is InChI=1S/C19H16F3N3O2/c1-11-6-7-15(12(2)8-11)24-18(26)17-16(10-23-25-17)27-14-5-3-4-13(9-14)19(20,21)22/h3-10H,1-2H3,(H,23,25)(H,24,26). The Balaban J connectivity index is 1.81. The summed E-state index contributed by atoms with van der Waals surface area (Å²) in [7, 11) is 0. The number of H-pyrrole nitrogens is 1. The number of rotatable bonds is 4. The molecule has 0 atom stereocenters. The second-order valence-corrected chi connectivity index (χ2v) is 6.01. The Hall–Kier alpha value is -3.29. The predicted octanol–water partition coefficient (Wildman–Crippen LogP) is 5.09. The molecule has 0 spiro atoms. The van der Waals surface area contributed by atoms with Crippen LogP contribution in [-0.4, -0.2) is 16.1 Å². The maximum absolute atomic E-state index is 12.8. The number of hydrogen-bond acceptors (Lipinski definition) is 3. The molecule has 1 aromatic heterocycles.